The van der Waals surface area contributed by atoms with E-state index in [1.165, 1.54) is 5.57 Å². The van der Waals surface area contributed by atoms with Gasteiger partial charge in [-0.05, 0) is 37.5 Å². The van der Waals surface area contributed by atoms with Gasteiger partial charge in [-0.15, -0.1) is 0 Å². The average Bonchev–Trinajstić information content (AvgIpc) is 2.71. The predicted octanol–water partition coefficient (Wildman–Crippen LogP) is 2.88. The number of rotatable bonds is 5. The van der Waals surface area contributed by atoms with Gasteiger partial charge in [0.05, 0.1) is 12.2 Å². The first kappa shape index (κ1) is 13.1. The van der Waals surface area contributed by atoms with Gasteiger partial charge in [0.2, 0.25) is 0 Å². The van der Waals surface area contributed by atoms with E-state index in [2.05, 4.69) is 30.1 Å². The molecule has 0 aliphatic carbocycles. The van der Waals surface area contributed by atoms with Crippen molar-refractivity contribution in [2.45, 2.75) is 33.1 Å². The standard InChI is InChI=1S/C14H22N2O2/c1-4-5-9-17-14-13(11(2)18-15-14)12-7-6-8-16(3)10-12/h7H,4-6,8-10H2,1-3H3. The Morgan fingerprint density at radius 1 is 1.50 bits per heavy atom. The van der Waals surface area contributed by atoms with Crippen molar-refractivity contribution in [1.29, 1.82) is 0 Å². The van der Waals surface area contributed by atoms with Crippen molar-refractivity contribution in [3.8, 4) is 5.88 Å². The summed E-state index contributed by atoms with van der Waals surface area (Å²) >= 11 is 0. The van der Waals surface area contributed by atoms with Crippen molar-refractivity contribution in [1.82, 2.24) is 10.1 Å². The molecule has 1 aromatic rings. The summed E-state index contributed by atoms with van der Waals surface area (Å²) < 4.78 is 11.0. The second kappa shape index (κ2) is 6.05. The van der Waals surface area contributed by atoms with Crippen LogP contribution in [0.15, 0.2) is 10.6 Å². The molecule has 0 atom stereocenters. The van der Waals surface area contributed by atoms with E-state index in [1.54, 1.807) is 0 Å². The summed E-state index contributed by atoms with van der Waals surface area (Å²) in [5, 5.41) is 4.03. The molecule has 0 unspecified atom stereocenters. The number of likely N-dealkylation sites (N-methyl/N-ethyl adjacent to an activating group) is 1. The number of ether oxygens (including phenoxy) is 1. The lowest BCUT2D eigenvalue weighted by Crippen LogP contribution is -2.25. The van der Waals surface area contributed by atoms with E-state index in [4.69, 9.17) is 9.26 Å². The zero-order valence-corrected chi connectivity index (χ0v) is 11.5. The van der Waals surface area contributed by atoms with Crippen LogP contribution < -0.4 is 4.74 Å². The van der Waals surface area contributed by atoms with Crippen LogP contribution in [0.2, 0.25) is 0 Å². The first-order valence-corrected chi connectivity index (χ1v) is 6.69. The van der Waals surface area contributed by atoms with Crippen LogP contribution >= 0.6 is 0 Å². The van der Waals surface area contributed by atoms with Gasteiger partial charge >= 0.3 is 0 Å². The van der Waals surface area contributed by atoms with Crippen molar-refractivity contribution < 1.29 is 9.26 Å². The minimum atomic E-state index is 0.655. The monoisotopic (exact) mass is 250 g/mol. The van der Waals surface area contributed by atoms with Crippen LogP contribution in [0.3, 0.4) is 0 Å². The smallest absolute Gasteiger partial charge is 0.262 e. The Bertz CT molecular complexity index is 423. The molecule has 18 heavy (non-hydrogen) atoms. The van der Waals surface area contributed by atoms with E-state index < -0.39 is 0 Å². The topological polar surface area (TPSA) is 38.5 Å². The lowest BCUT2D eigenvalue weighted by Gasteiger charge is -2.22. The minimum absolute atomic E-state index is 0.655. The molecule has 2 rings (SSSR count). The maximum atomic E-state index is 5.72. The second-order valence-corrected chi connectivity index (χ2v) is 4.88. The van der Waals surface area contributed by atoms with E-state index in [-0.39, 0.29) is 0 Å². The summed E-state index contributed by atoms with van der Waals surface area (Å²) in [6.45, 7) is 6.85. The molecule has 1 aromatic heterocycles. The molecule has 0 aromatic carbocycles. The molecule has 1 aliphatic rings. The van der Waals surface area contributed by atoms with Crippen LogP contribution in [0.5, 0.6) is 5.88 Å². The molecule has 2 heterocycles. The van der Waals surface area contributed by atoms with Gasteiger partial charge in [-0.25, -0.2) is 0 Å². The third kappa shape index (κ3) is 2.93. The molecule has 4 heteroatoms. The lowest BCUT2D eigenvalue weighted by molar-refractivity contribution is 0.271. The van der Waals surface area contributed by atoms with Gasteiger partial charge < -0.3 is 14.2 Å². The van der Waals surface area contributed by atoms with Gasteiger partial charge in [-0.3, -0.25) is 0 Å². The van der Waals surface area contributed by atoms with Crippen molar-refractivity contribution in [2.24, 2.45) is 0 Å². The fraction of sp³-hybridized carbons (Fsp3) is 0.643. The fourth-order valence-corrected chi connectivity index (χ4v) is 2.20. The maximum Gasteiger partial charge on any atom is 0.262 e. The summed E-state index contributed by atoms with van der Waals surface area (Å²) in [4.78, 5) is 2.30. The number of hydrogen-bond donors (Lipinski definition) is 0. The molecular formula is C14H22N2O2. The normalized spacial score (nSPS) is 16.7. The summed E-state index contributed by atoms with van der Waals surface area (Å²) in [5.74, 6) is 1.51. The molecule has 4 nitrogen and oxygen atoms in total. The van der Waals surface area contributed by atoms with Gasteiger partial charge in [-0.1, -0.05) is 19.4 Å². The molecule has 0 bridgehead atoms. The number of aryl methyl sites for hydroxylation is 1. The van der Waals surface area contributed by atoms with Crippen molar-refractivity contribution >= 4 is 5.57 Å². The second-order valence-electron chi connectivity index (χ2n) is 4.88. The van der Waals surface area contributed by atoms with Crippen LogP contribution in [-0.2, 0) is 0 Å². The van der Waals surface area contributed by atoms with Crippen LogP contribution in [0, 0.1) is 6.92 Å². The van der Waals surface area contributed by atoms with Crippen LogP contribution in [0.25, 0.3) is 5.57 Å². The van der Waals surface area contributed by atoms with Gasteiger partial charge in [0, 0.05) is 13.1 Å². The molecule has 0 saturated carbocycles. The molecule has 100 valence electrons. The summed E-state index contributed by atoms with van der Waals surface area (Å²) in [6.07, 6.45) is 5.51. The van der Waals surface area contributed by atoms with Gasteiger partial charge in [-0.2, -0.15) is 0 Å². The van der Waals surface area contributed by atoms with Gasteiger partial charge in [0.1, 0.15) is 5.76 Å². The molecular weight excluding hydrogens is 228 g/mol. The fourth-order valence-electron chi connectivity index (χ4n) is 2.20. The number of unbranched alkanes of at least 4 members (excludes halogenated alkanes) is 1. The maximum absolute atomic E-state index is 5.72. The van der Waals surface area contributed by atoms with E-state index in [0.29, 0.717) is 12.5 Å². The minimum Gasteiger partial charge on any atom is -0.475 e. The SMILES string of the molecule is CCCCOc1noc(C)c1C1=CCCN(C)C1. The van der Waals surface area contributed by atoms with Crippen molar-refractivity contribution in [3.63, 3.8) is 0 Å². The summed E-state index contributed by atoms with van der Waals surface area (Å²) in [6, 6.07) is 0. The largest absolute Gasteiger partial charge is 0.475 e. The van der Waals surface area contributed by atoms with E-state index in [0.717, 1.165) is 43.7 Å². The quantitative estimate of drug-likeness (QED) is 0.753. The Labute approximate surface area is 109 Å². The van der Waals surface area contributed by atoms with E-state index in [9.17, 15) is 0 Å². The van der Waals surface area contributed by atoms with Crippen molar-refractivity contribution in [3.05, 3.63) is 17.4 Å². The molecule has 0 saturated heterocycles. The molecule has 1 aliphatic heterocycles. The summed E-state index contributed by atoms with van der Waals surface area (Å²) in [5.41, 5.74) is 2.33. The highest BCUT2D eigenvalue weighted by molar-refractivity contribution is 5.72. The Morgan fingerprint density at radius 3 is 3.06 bits per heavy atom. The third-order valence-corrected chi connectivity index (χ3v) is 3.23. The van der Waals surface area contributed by atoms with Crippen LogP contribution in [0.4, 0.5) is 0 Å². The highest BCUT2D eigenvalue weighted by Gasteiger charge is 2.21. The zero-order valence-electron chi connectivity index (χ0n) is 11.5. The molecule has 0 N–H and O–H groups in total. The third-order valence-electron chi connectivity index (χ3n) is 3.23. The molecule has 0 fully saturated rings. The highest BCUT2D eigenvalue weighted by Crippen LogP contribution is 2.31. The van der Waals surface area contributed by atoms with E-state index >= 15 is 0 Å². The molecule has 0 amide bonds. The first-order chi connectivity index (χ1) is 8.72. The highest BCUT2D eigenvalue weighted by atomic mass is 16.5. The summed E-state index contributed by atoms with van der Waals surface area (Å²) in [7, 11) is 2.13. The van der Waals surface area contributed by atoms with Gasteiger partial charge in [0.25, 0.3) is 5.88 Å². The molecule has 0 radical (unpaired) electrons. The number of hydrogen-bond acceptors (Lipinski definition) is 4. The van der Waals surface area contributed by atoms with E-state index in [1.807, 2.05) is 6.92 Å². The average molecular weight is 250 g/mol. The van der Waals surface area contributed by atoms with Crippen LogP contribution in [-0.4, -0.2) is 36.8 Å². The Hall–Kier alpha value is -1.29. The Kier molecular flexibility index (Phi) is 4.42. The number of nitrogens with zero attached hydrogens (tertiary/aromatic N) is 2. The van der Waals surface area contributed by atoms with Crippen molar-refractivity contribution in [2.75, 3.05) is 26.7 Å². The lowest BCUT2D eigenvalue weighted by atomic mass is 10.0. The first-order valence-electron chi connectivity index (χ1n) is 6.69. The van der Waals surface area contributed by atoms with Gasteiger partial charge in [0.15, 0.2) is 0 Å². The predicted molar refractivity (Wildman–Crippen MR) is 71.7 cm³/mol. The number of aromatic nitrogens is 1. The Balaban J connectivity index is 2.15. The Morgan fingerprint density at radius 2 is 2.33 bits per heavy atom. The molecule has 0 spiro atoms. The zero-order chi connectivity index (χ0) is 13.0. The van der Waals surface area contributed by atoms with Crippen LogP contribution in [0.1, 0.15) is 37.5 Å².